The molecule has 3 rings (SSSR count). The van der Waals surface area contributed by atoms with E-state index in [2.05, 4.69) is 5.32 Å². The SMILES string of the molecule is Cl.NS(=O)(=O)c1ccc(CCNCc2cccc(OCc3ccccc3Cl)c2)cc1. The van der Waals surface area contributed by atoms with E-state index in [1.54, 1.807) is 12.1 Å². The van der Waals surface area contributed by atoms with Gasteiger partial charge in [0.1, 0.15) is 12.4 Å². The highest BCUT2D eigenvalue weighted by molar-refractivity contribution is 7.89. The topological polar surface area (TPSA) is 81.4 Å². The van der Waals surface area contributed by atoms with Crippen LogP contribution in [-0.2, 0) is 29.6 Å². The van der Waals surface area contributed by atoms with Crippen molar-refractivity contribution in [3.05, 3.63) is 94.5 Å². The minimum absolute atomic E-state index is 0. The molecular weight excluding hydrogens is 443 g/mol. The molecule has 0 unspecified atom stereocenters. The third-order valence-electron chi connectivity index (χ3n) is 4.42. The second-order valence-corrected chi connectivity index (χ2v) is 8.61. The number of primary sulfonamides is 1. The van der Waals surface area contributed by atoms with Crippen molar-refractivity contribution in [1.82, 2.24) is 5.32 Å². The molecular formula is C22H24Cl2N2O3S. The molecule has 3 aromatic carbocycles. The first-order valence-corrected chi connectivity index (χ1v) is 11.1. The summed E-state index contributed by atoms with van der Waals surface area (Å²) in [5, 5.41) is 9.19. The summed E-state index contributed by atoms with van der Waals surface area (Å²) in [7, 11) is -3.64. The molecule has 0 heterocycles. The number of benzene rings is 3. The van der Waals surface area contributed by atoms with E-state index in [0.29, 0.717) is 18.2 Å². The molecule has 3 N–H and O–H groups in total. The van der Waals surface area contributed by atoms with Crippen molar-refractivity contribution in [3.8, 4) is 5.75 Å². The van der Waals surface area contributed by atoms with Gasteiger partial charge in [-0.2, -0.15) is 0 Å². The van der Waals surface area contributed by atoms with Gasteiger partial charge in [0.05, 0.1) is 4.90 Å². The van der Waals surface area contributed by atoms with Crippen molar-refractivity contribution < 1.29 is 13.2 Å². The molecule has 0 spiro atoms. The quantitative estimate of drug-likeness (QED) is 0.460. The minimum atomic E-state index is -3.64. The number of nitrogens with two attached hydrogens (primary N) is 1. The average molecular weight is 467 g/mol. The van der Waals surface area contributed by atoms with E-state index < -0.39 is 10.0 Å². The first-order chi connectivity index (χ1) is 13.9. The van der Waals surface area contributed by atoms with E-state index in [1.165, 1.54) is 12.1 Å². The van der Waals surface area contributed by atoms with Crippen molar-refractivity contribution in [1.29, 1.82) is 0 Å². The largest absolute Gasteiger partial charge is 0.489 e. The first kappa shape index (κ1) is 24.2. The maximum Gasteiger partial charge on any atom is 0.238 e. The molecule has 0 aliphatic rings. The highest BCUT2D eigenvalue weighted by Crippen LogP contribution is 2.19. The second-order valence-electron chi connectivity index (χ2n) is 6.64. The molecule has 5 nitrogen and oxygen atoms in total. The Morgan fingerprint density at radius 3 is 2.37 bits per heavy atom. The van der Waals surface area contributed by atoms with Gasteiger partial charge < -0.3 is 10.1 Å². The van der Waals surface area contributed by atoms with E-state index in [0.717, 1.165) is 35.4 Å². The van der Waals surface area contributed by atoms with Crippen LogP contribution in [0.3, 0.4) is 0 Å². The van der Waals surface area contributed by atoms with Crippen molar-refractivity contribution in [2.75, 3.05) is 6.54 Å². The Hall–Kier alpha value is -2.09. The summed E-state index contributed by atoms with van der Waals surface area (Å²) in [6.45, 7) is 1.89. The Labute approximate surface area is 188 Å². The van der Waals surface area contributed by atoms with E-state index in [9.17, 15) is 8.42 Å². The molecule has 0 bridgehead atoms. The summed E-state index contributed by atoms with van der Waals surface area (Å²) in [5.74, 6) is 0.794. The summed E-state index contributed by atoms with van der Waals surface area (Å²) in [4.78, 5) is 0.128. The van der Waals surface area contributed by atoms with Gasteiger partial charge in [0.15, 0.2) is 0 Å². The summed E-state index contributed by atoms with van der Waals surface area (Å²) < 4.78 is 28.4. The fraction of sp³-hybridized carbons (Fsp3) is 0.182. The predicted molar refractivity (Wildman–Crippen MR) is 123 cm³/mol. The fourth-order valence-corrected chi connectivity index (χ4v) is 3.54. The summed E-state index contributed by atoms with van der Waals surface area (Å²) >= 11 is 6.16. The zero-order chi connectivity index (χ0) is 20.7. The third kappa shape index (κ3) is 7.31. The highest BCUT2D eigenvalue weighted by atomic mass is 35.5. The van der Waals surface area contributed by atoms with Crippen molar-refractivity contribution in [2.45, 2.75) is 24.5 Å². The lowest BCUT2D eigenvalue weighted by molar-refractivity contribution is 0.306. The Morgan fingerprint density at radius 2 is 1.67 bits per heavy atom. The van der Waals surface area contributed by atoms with Gasteiger partial charge in [0.25, 0.3) is 0 Å². The number of sulfonamides is 1. The van der Waals surface area contributed by atoms with Gasteiger partial charge in [0, 0.05) is 17.1 Å². The number of hydrogen-bond acceptors (Lipinski definition) is 4. The van der Waals surface area contributed by atoms with Crippen molar-refractivity contribution >= 4 is 34.0 Å². The number of halogens is 2. The van der Waals surface area contributed by atoms with Gasteiger partial charge in [-0.1, -0.05) is 54.1 Å². The van der Waals surface area contributed by atoms with Gasteiger partial charge >= 0.3 is 0 Å². The molecule has 0 atom stereocenters. The van der Waals surface area contributed by atoms with Gasteiger partial charge in [-0.3, -0.25) is 0 Å². The van der Waals surface area contributed by atoms with Crippen LogP contribution in [0.5, 0.6) is 5.75 Å². The molecule has 0 amide bonds. The molecule has 0 fully saturated rings. The molecule has 0 radical (unpaired) electrons. The molecule has 0 aliphatic carbocycles. The van der Waals surface area contributed by atoms with E-state index in [1.807, 2.05) is 48.5 Å². The maximum absolute atomic E-state index is 11.3. The Morgan fingerprint density at radius 1 is 0.933 bits per heavy atom. The number of nitrogens with one attached hydrogen (secondary N) is 1. The number of rotatable bonds is 9. The molecule has 3 aromatic rings. The Bertz CT molecular complexity index is 1060. The van der Waals surface area contributed by atoms with Crippen molar-refractivity contribution in [2.24, 2.45) is 5.14 Å². The van der Waals surface area contributed by atoms with Gasteiger partial charge in [-0.05, 0) is 54.4 Å². The van der Waals surface area contributed by atoms with E-state index >= 15 is 0 Å². The minimum Gasteiger partial charge on any atom is -0.489 e. The molecule has 0 saturated carbocycles. The van der Waals surface area contributed by atoms with Crippen LogP contribution in [0.2, 0.25) is 5.02 Å². The molecule has 30 heavy (non-hydrogen) atoms. The maximum atomic E-state index is 11.3. The predicted octanol–water partition coefficient (Wildman–Crippen LogP) is 4.32. The third-order valence-corrected chi connectivity index (χ3v) is 5.72. The van der Waals surface area contributed by atoms with Crippen LogP contribution in [0.1, 0.15) is 16.7 Å². The van der Waals surface area contributed by atoms with Gasteiger partial charge in [0.2, 0.25) is 10.0 Å². The normalized spacial score (nSPS) is 11.0. The smallest absolute Gasteiger partial charge is 0.238 e. The van der Waals surface area contributed by atoms with Crippen LogP contribution < -0.4 is 15.2 Å². The van der Waals surface area contributed by atoms with E-state index in [-0.39, 0.29) is 17.3 Å². The van der Waals surface area contributed by atoms with Crippen LogP contribution in [0.15, 0.2) is 77.7 Å². The highest BCUT2D eigenvalue weighted by Gasteiger charge is 2.06. The number of hydrogen-bond donors (Lipinski definition) is 2. The van der Waals surface area contributed by atoms with Crippen LogP contribution in [-0.4, -0.2) is 15.0 Å². The molecule has 0 saturated heterocycles. The Balaban J connectivity index is 0.00000320. The second kappa shape index (κ2) is 11.3. The summed E-state index contributed by atoms with van der Waals surface area (Å²) in [5.41, 5.74) is 3.11. The molecule has 8 heteroatoms. The van der Waals surface area contributed by atoms with Crippen molar-refractivity contribution in [3.63, 3.8) is 0 Å². The zero-order valence-corrected chi connectivity index (χ0v) is 18.6. The zero-order valence-electron chi connectivity index (χ0n) is 16.3. The number of ether oxygens (including phenoxy) is 1. The molecule has 160 valence electrons. The standard InChI is InChI=1S/C22H23ClN2O3S.ClH/c23-22-7-2-1-5-19(22)16-28-20-6-3-4-18(14-20)15-25-13-12-17-8-10-21(11-9-17)29(24,26)27;/h1-11,14,25H,12-13,15-16H2,(H2,24,26,27);1H. The van der Waals surface area contributed by atoms with Crippen LogP contribution >= 0.6 is 24.0 Å². The first-order valence-electron chi connectivity index (χ1n) is 9.19. The summed E-state index contributed by atoms with van der Waals surface area (Å²) in [6.07, 6.45) is 0.785. The average Bonchev–Trinajstić information content (AvgIpc) is 2.71. The monoisotopic (exact) mass is 466 g/mol. The lowest BCUT2D eigenvalue weighted by atomic mass is 10.1. The van der Waals surface area contributed by atoms with Crippen LogP contribution in [0, 0.1) is 0 Å². The van der Waals surface area contributed by atoms with Crippen LogP contribution in [0.25, 0.3) is 0 Å². The molecule has 0 aliphatic heterocycles. The van der Waals surface area contributed by atoms with Gasteiger partial charge in [-0.15, -0.1) is 12.4 Å². The van der Waals surface area contributed by atoms with Gasteiger partial charge in [-0.25, -0.2) is 13.6 Å². The fourth-order valence-electron chi connectivity index (χ4n) is 2.83. The molecule has 0 aromatic heterocycles. The van der Waals surface area contributed by atoms with E-state index in [4.69, 9.17) is 21.5 Å². The summed E-state index contributed by atoms with van der Waals surface area (Å²) in [6, 6.07) is 22.2. The lowest BCUT2D eigenvalue weighted by Gasteiger charge is -2.10. The van der Waals surface area contributed by atoms with Crippen LogP contribution in [0.4, 0.5) is 0 Å². The Kier molecular flexibility index (Phi) is 9.14. The lowest BCUT2D eigenvalue weighted by Crippen LogP contribution is -2.17.